The molecule has 2 aromatic carbocycles. The molecule has 0 fully saturated rings. The Morgan fingerprint density at radius 3 is 1.39 bits per heavy atom. The predicted molar refractivity (Wildman–Crippen MR) is 206 cm³/mol. The van der Waals surface area contributed by atoms with Crippen LogP contribution in [0, 0.1) is 20.2 Å². The minimum absolute atomic E-state index is 0.0437. The lowest BCUT2D eigenvalue weighted by Gasteiger charge is -2.08. The number of nitrogens with two attached hydrogens (primary N) is 4. The summed E-state index contributed by atoms with van der Waals surface area (Å²) in [5, 5.41) is 80.5. The standard InChI is InChI=1S/C12H13N3O7.C9H15N3O6.C7H6N2O4.C4H8N2O3/c13-8(12(19)20)2-4-10(16)14-6-1-3-9(15(21)22)7(5-6)11(17)18;10-5(9(17)18)1-2-6(13)11-3-7(14)12-4-8(15)16;8-4-1-2-6(9(12)13)5(3-4)7(10)11;5-1-3(7)6-2-4(8)9/h1,3,5,8H,2,4,13H2,(H,14,16)(H,17,18)(H,19,20);5H,1-4,10H2,(H,11,13)(H,12,14)(H,15,16)(H,17,18);1-3H,8H2,(H,10,11);1-2,5H2,(H,6,7)(H,8,9). The third kappa shape index (κ3) is 25.1. The Morgan fingerprint density at radius 2 is 0.984 bits per heavy atom. The van der Waals surface area contributed by atoms with E-state index in [9.17, 15) is 68.2 Å². The molecular formula is C32H42N10O20. The highest BCUT2D eigenvalue weighted by Gasteiger charge is 2.22. The summed E-state index contributed by atoms with van der Waals surface area (Å²) in [6.45, 7) is -1.43. The van der Waals surface area contributed by atoms with Crippen molar-refractivity contribution < 1.29 is 88.4 Å². The molecule has 0 aliphatic rings. The van der Waals surface area contributed by atoms with Gasteiger partial charge in [0.05, 0.1) is 22.9 Å². The molecule has 0 bridgehead atoms. The van der Waals surface area contributed by atoms with E-state index in [1.54, 1.807) is 0 Å². The molecule has 30 heteroatoms. The molecule has 0 radical (unpaired) electrons. The Morgan fingerprint density at radius 1 is 0.581 bits per heavy atom. The molecule has 18 N–H and O–H groups in total. The SMILES string of the molecule is NC(CCC(=O)NCC(=O)NCC(=O)O)C(=O)O.NC(CCC(=O)Nc1ccc([N+](=O)[O-])c(C(=O)O)c1)C(=O)O.NCC(=O)NCC(=O)O.Nc1ccc([N+](=O)[O-])c(C(=O)O)c1. The average Bonchev–Trinajstić information content (AvgIpc) is 3.19. The summed E-state index contributed by atoms with van der Waals surface area (Å²) in [6.07, 6.45) is -0.454. The normalized spacial score (nSPS) is 10.6. The fraction of sp³-hybridized carbons (Fsp3) is 0.312. The van der Waals surface area contributed by atoms with Crippen molar-refractivity contribution in [2.75, 3.05) is 37.2 Å². The van der Waals surface area contributed by atoms with Gasteiger partial charge >= 0.3 is 35.8 Å². The van der Waals surface area contributed by atoms with Crippen molar-refractivity contribution >= 4 is 82.2 Å². The molecule has 0 heterocycles. The summed E-state index contributed by atoms with van der Waals surface area (Å²) in [5.74, 6) is -9.79. The minimum Gasteiger partial charge on any atom is -0.480 e. The van der Waals surface area contributed by atoms with Crippen LogP contribution >= 0.6 is 0 Å². The number of aromatic carboxylic acids is 2. The highest BCUT2D eigenvalue weighted by molar-refractivity contribution is 5.97. The lowest BCUT2D eigenvalue weighted by molar-refractivity contribution is -0.385. The number of hydrogen-bond donors (Lipinski definition) is 14. The number of nitrogens with zero attached hydrogens (tertiary/aromatic N) is 2. The zero-order valence-corrected chi connectivity index (χ0v) is 31.9. The smallest absolute Gasteiger partial charge is 0.342 e. The van der Waals surface area contributed by atoms with E-state index in [-0.39, 0.29) is 56.7 Å². The van der Waals surface area contributed by atoms with Gasteiger partial charge in [0.25, 0.3) is 11.4 Å². The lowest BCUT2D eigenvalue weighted by atomic mass is 10.1. The first kappa shape index (κ1) is 55.7. The summed E-state index contributed by atoms with van der Waals surface area (Å²) < 4.78 is 0. The number of rotatable bonds is 20. The zero-order chi connectivity index (χ0) is 48.3. The number of nitro groups is 2. The quantitative estimate of drug-likeness (QED) is 0.0356. The van der Waals surface area contributed by atoms with E-state index in [0.717, 1.165) is 24.3 Å². The third-order valence-electron chi connectivity index (χ3n) is 6.66. The Labute approximate surface area is 346 Å². The summed E-state index contributed by atoms with van der Waals surface area (Å²) in [4.78, 5) is 126. The van der Waals surface area contributed by atoms with Gasteiger partial charge in [-0.25, -0.2) is 9.59 Å². The van der Waals surface area contributed by atoms with Crippen LogP contribution < -0.4 is 44.2 Å². The molecule has 0 aliphatic heterocycles. The molecule has 2 rings (SSSR count). The highest BCUT2D eigenvalue weighted by Crippen LogP contribution is 2.23. The number of carbonyl (C=O) groups excluding carboxylic acids is 4. The Balaban J connectivity index is 0. The van der Waals surface area contributed by atoms with Crippen LogP contribution in [0.1, 0.15) is 46.4 Å². The van der Waals surface area contributed by atoms with Gasteiger partial charge in [-0.2, -0.15) is 0 Å². The lowest BCUT2D eigenvalue weighted by Crippen LogP contribution is -2.39. The van der Waals surface area contributed by atoms with Crippen molar-refractivity contribution in [1.29, 1.82) is 0 Å². The summed E-state index contributed by atoms with van der Waals surface area (Å²) in [6, 6.07) is 4.19. The van der Waals surface area contributed by atoms with Crippen molar-refractivity contribution in [3.8, 4) is 0 Å². The van der Waals surface area contributed by atoms with Crippen LogP contribution in [-0.4, -0.2) is 138 Å². The first-order valence-electron chi connectivity index (χ1n) is 16.7. The van der Waals surface area contributed by atoms with Crippen LogP contribution in [0.15, 0.2) is 36.4 Å². The van der Waals surface area contributed by atoms with Gasteiger partial charge in [-0.15, -0.1) is 0 Å². The number of hydrogen-bond acceptors (Lipinski definition) is 18. The first-order valence-corrected chi connectivity index (χ1v) is 16.7. The largest absolute Gasteiger partial charge is 0.480 e. The molecule has 0 aliphatic carbocycles. The molecule has 0 saturated carbocycles. The van der Waals surface area contributed by atoms with Crippen LogP contribution in [-0.2, 0) is 38.4 Å². The zero-order valence-electron chi connectivity index (χ0n) is 31.9. The second kappa shape index (κ2) is 28.9. The van der Waals surface area contributed by atoms with Gasteiger partial charge in [-0.1, -0.05) is 0 Å². The first-order chi connectivity index (χ1) is 28.7. The van der Waals surface area contributed by atoms with Gasteiger partial charge in [0.15, 0.2) is 0 Å². The summed E-state index contributed by atoms with van der Waals surface area (Å²) in [5.41, 5.74) is 18.8. The van der Waals surface area contributed by atoms with Crippen LogP contribution in [0.2, 0.25) is 0 Å². The van der Waals surface area contributed by atoms with E-state index in [2.05, 4.69) is 16.0 Å². The molecule has 30 nitrogen and oxygen atoms in total. The van der Waals surface area contributed by atoms with E-state index in [1.165, 1.54) is 12.1 Å². The number of carboxylic acid groups (broad SMARTS) is 6. The van der Waals surface area contributed by atoms with Crippen molar-refractivity contribution in [2.45, 2.75) is 37.8 Å². The van der Waals surface area contributed by atoms with Crippen LogP contribution in [0.4, 0.5) is 22.7 Å². The molecular weight excluding hydrogens is 844 g/mol. The van der Waals surface area contributed by atoms with E-state index in [0.29, 0.717) is 0 Å². The number of carbonyl (C=O) groups is 10. The number of benzene rings is 2. The van der Waals surface area contributed by atoms with Gasteiger partial charge in [0.1, 0.15) is 36.3 Å². The van der Waals surface area contributed by atoms with Gasteiger partial charge in [0.2, 0.25) is 23.6 Å². The Kier molecular flexibility index (Phi) is 26.0. The van der Waals surface area contributed by atoms with Crippen molar-refractivity contribution in [3.63, 3.8) is 0 Å². The highest BCUT2D eigenvalue weighted by atomic mass is 16.6. The number of anilines is 2. The van der Waals surface area contributed by atoms with E-state index in [1.807, 2.05) is 5.32 Å². The fourth-order valence-electron chi connectivity index (χ4n) is 3.62. The molecule has 4 amide bonds. The Hall–Kier alpha value is -8.38. The molecule has 2 atom stereocenters. The van der Waals surface area contributed by atoms with Crippen LogP contribution in [0.5, 0.6) is 0 Å². The summed E-state index contributed by atoms with van der Waals surface area (Å²) >= 11 is 0. The maximum atomic E-state index is 11.6. The summed E-state index contributed by atoms with van der Waals surface area (Å²) in [7, 11) is 0. The minimum atomic E-state index is -1.50. The van der Waals surface area contributed by atoms with E-state index < -0.39 is 110 Å². The number of aliphatic carboxylic acids is 4. The maximum Gasteiger partial charge on any atom is 0.342 e. The number of amides is 4. The van der Waals surface area contributed by atoms with Gasteiger partial charge in [-0.3, -0.25) is 58.6 Å². The number of nitrogen functional groups attached to an aromatic ring is 1. The van der Waals surface area contributed by atoms with Gasteiger partial charge in [-0.05, 0) is 37.1 Å². The van der Waals surface area contributed by atoms with Crippen molar-refractivity contribution in [2.24, 2.45) is 17.2 Å². The molecule has 340 valence electrons. The monoisotopic (exact) mass is 886 g/mol. The van der Waals surface area contributed by atoms with E-state index in [4.69, 9.17) is 53.6 Å². The number of nitrogens with one attached hydrogen (secondary N) is 4. The van der Waals surface area contributed by atoms with Gasteiger partial charge in [0, 0.05) is 36.3 Å². The predicted octanol–water partition coefficient (Wildman–Crippen LogP) is -3.06. The topological polar surface area (TPSA) is 531 Å². The Bertz CT molecular complexity index is 1990. The molecule has 0 saturated heterocycles. The average molecular weight is 887 g/mol. The molecule has 2 unspecified atom stereocenters. The number of carboxylic acids is 6. The van der Waals surface area contributed by atoms with E-state index >= 15 is 0 Å². The third-order valence-corrected chi connectivity index (χ3v) is 6.66. The second-order valence-corrected chi connectivity index (χ2v) is 11.5. The van der Waals surface area contributed by atoms with Crippen molar-refractivity contribution in [3.05, 3.63) is 67.8 Å². The maximum absolute atomic E-state index is 11.6. The molecule has 62 heavy (non-hydrogen) atoms. The second-order valence-electron chi connectivity index (χ2n) is 11.5. The fourth-order valence-corrected chi connectivity index (χ4v) is 3.62. The molecule has 2 aromatic rings. The van der Waals surface area contributed by atoms with Crippen molar-refractivity contribution in [1.82, 2.24) is 16.0 Å². The van der Waals surface area contributed by atoms with Crippen LogP contribution in [0.3, 0.4) is 0 Å². The number of nitro benzene ring substituents is 2. The molecule has 0 aromatic heterocycles. The van der Waals surface area contributed by atoms with Crippen LogP contribution in [0.25, 0.3) is 0 Å². The molecule has 0 spiro atoms. The van der Waals surface area contributed by atoms with Gasteiger partial charge < -0.3 is 74.8 Å².